The van der Waals surface area contributed by atoms with Gasteiger partial charge in [-0.1, -0.05) is 20.8 Å². The van der Waals surface area contributed by atoms with E-state index >= 15 is 0 Å². The van der Waals surface area contributed by atoms with Crippen LogP contribution < -0.4 is 11.1 Å². The number of halogens is 2. The van der Waals surface area contributed by atoms with Crippen molar-refractivity contribution in [2.24, 2.45) is 17.1 Å². The summed E-state index contributed by atoms with van der Waals surface area (Å²) >= 11 is 0. The van der Waals surface area contributed by atoms with Gasteiger partial charge in [-0.2, -0.15) is 0 Å². The number of hydrogen-bond donors (Lipinski definition) is 2. The molecule has 0 aromatic heterocycles. The number of carbonyl (C=O) groups is 1. The number of likely N-dealkylation sites (N-methyl/N-ethyl adjacent to an activating group) is 1. The van der Waals surface area contributed by atoms with Crippen LogP contribution in [0.25, 0.3) is 0 Å². The third-order valence-electron chi connectivity index (χ3n) is 6.21. The van der Waals surface area contributed by atoms with Crippen molar-refractivity contribution in [2.45, 2.75) is 64.1 Å². The highest BCUT2D eigenvalue weighted by Gasteiger charge is 2.70. The molecule has 1 aliphatic heterocycles. The fourth-order valence-corrected chi connectivity index (χ4v) is 4.53. The molecule has 2 aliphatic carbocycles. The second-order valence-electron chi connectivity index (χ2n) is 7.75. The molecule has 0 aromatic rings. The van der Waals surface area contributed by atoms with Gasteiger partial charge in [-0.05, 0) is 32.2 Å². The highest BCUT2D eigenvalue weighted by Crippen LogP contribution is 2.57. The SMILES string of the molecule is CCN(CCNC(=O)C1(N)C2CCCOC2C1(C)C)C1CC1.Cl.Cl. The molecule has 0 spiro atoms. The van der Waals surface area contributed by atoms with Crippen molar-refractivity contribution in [2.75, 3.05) is 26.2 Å². The van der Waals surface area contributed by atoms with Gasteiger partial charge in [0, 0.05) is 37.1 Å². The summed E-state index contributed by atoms with van der Waals surface area (Å²) < 4.78 is 5.87. The topological polar surface area (TPSA) is 67.6 Å². The van der Waals surface area contributed by atoms with E-state index in [0.29, 0.717) is 6.54 Å². The Balaban J connectivity index is 0.00000144. The highest BCUT2D eigenvalue weighted by molar-refractivity contribution is 5.89. The fourth-order valence-electron chi connectivity index (χ4n) is 4.53. The van der Waals surface area contributed by atoms with Crippen LogP contribution >= 0.6 is 24.8 Å². The van der Waals surface area contributed by atoms with Gasteiger partial charge in [0.15, 0.2) is 0 Å². The third-order valence-corrected chi connectivity index (χ3v) is 6.21. The molecule has 3 atom stereocenters. The van der Waals surface area contributed by atoms with Crippen LogP contribution in [-0.2, 0) is 9.53 Å². The summed E-state index contributed by atoms with van der Waals surface area (Å²) in [5.41, 5.74) is 5.52. The van der Waals surface area contributed by atoms with E-state index in [2.05, 4.69) is 31.0 Å². The minimum Gasteiger partial charge on any atom is -0.377 e. The van der Waals surface area contributed by atoms with Gasteiger partial charge in [0.2, 0.25) is 5.91 Å². The number of fused-ring (bicyclic) bond motifs is 1. The molecule has 1 saturated heterocycles. The van der Waals surface area contributed by atoms with Crippen molar-refractivity contribution < 1.29 is 9.53 Å². The van der Waals surface area contributed by atoms with Crippen molar-refractivity contribution >= 4 is 30.7 Å². The van der Waals surface area contributed by atoms with E-state index < -0.39 is 5.54 Å². The van der Waals surface area contributed by atoms with E-state index in [9.17, 15) is 4.79 Å². The van der Waals surface area contributed by atoms with Crippen molar-refractivity contribution in [3.05, 3.63) is 0 Å². The van der Waals surface area contributed by atoms with Crippen molar-refractivity contribution in [1.82, 2.24) is 10.2 Å². The monoisotopic (exact) mass is 381 g/mol. The number of hydrogen-bond acceptors (Lipinski definition) is 4. The molecule has 3 N–H and O–H groups in total. The van der Waals surface area contributed by atoms with Gasteiger partial charge in [-0.3, -0.25) is 9.69 Å². The molecule has 0 aromatic carbocycles. The van der Waals surface area contributed by atoms with Gasteiger partial charge in [0.05, 0.1) is 6.10 Å². The van der Waals surface area contributed by atoms with Crippen LogP contribution in [0.5, 0.6) is 0 Å². The molecule has 3 rings (SSSR count). The van der Waals surface area contributed by atoms with Crippen LogP contribution in [0, 0.1) is 11.3 Å². The largest absolute Gasteiger partial charge is 0.377 e. The Hall–Kier alpha value is -0.0700. The summed E-state index contributed by atoms with van der Waals surface area (Å²) in [6.07, 6.45) is 4.75. The van der Waals surface area contributed by atoms with Gasteiger partial charge in [-0.25, -0.2) is 0 Å². The predicted octanol–water partition coefficient (Wildman–Crippen LogP) is 1.96. The molecule has 3 unspecified atom stereocenters. The van der Waals surface area contributed by atoms with E-state index in [-0.39, 0.29) is 48.2 Å². The molecule has 1 heterocycles. The van der Waals surface area contributed by atoms with Crippen molar-refractivity contribution in [3.8, 4) is 0 Å². The minimum absolute atomic E-state index is 0. The molecular weight excluding hydrogens is 349 g/mol. The summed E-state index contributed by atoms with van der Waals surface area (Å²) in [7, 11) is 0. The van der Waals surface area contributed by atoms with E-state index in [1.54, 1.807) is 0 Å². The minimum atomic E-state index is -0.783. The molecule has 3 fully saturated rings. The zero-order valence-corrected chi connectivity index (χ0v) is 16.7. The highest BCUT2D eigenvalue weighted by atomic mass is 35.5. The van der Waals surface area contributed by atoms with E-state index in [0.717, 1.165) is 38.6 Å². The molecule has 2 saturated carbocycles. The smallest absolute Gasteiger partial charge is 0.241 e. The average Bonchev–Trinajstić information content (AvgIpc) is 3.35. The van der Waals surface area contributed by atoms with Gasteiger partial charge in [0.25, 0.3) is 0 Å². The van der Waals surface area contributed by atoms with Crippen LogP contribution in [0.3, 0.4) is 0 Å². The molecule has 142 valence electrons. The van der Waals surface area contributed by atoms with E-state index in [1.165, 1.54) is 12.8 Å². The number of carbonyl (C=O) groups excluding carboxylic acids is 1. The standard InChI is InChI=1S/C17H31N3O2.2ClH/c1-4-20(12-7-8-12)10-9-19-15(21)17(18)13-6-5-11-22-14(13)16(17,2)3;;/h12-14H,4-11,18H2,1-3H3,(H,19,21);2*1H. The first kappa shape index (κ1) is 22.0. The fraction of sp³-hybridized carbons (Fsp3) is 0.941. The zero-order chi connectivity index (χ0) is 16.0. The quantitative estimate of drug-likeness (QED) is 0.737. The molecule has 0 bridgehead atoms. The second-order valence-corrected chi connectivity index (χ2v) is 7.75. The maximum atomic E-state index is 12.8. The normalized spacial score (nSPS) is 33.5. The van der Waals surface area contributed by atoms with Gasteiger partial charge < -0.3 is 15.8 Å². The number of amides is 1. The number of ether oxygens (including phenoxy) is 1. The maximum Gasteiger partial charge on any atom is 0.241 e. The lowest BCUT2D eigenvalue weighted by Gasteiger charge is -2.65. The molecular formula is C17H33Cl2N3O2. The summed E-state index contributed by atoms with van der Waals surface area (Å²) in [4.78, 5) is 15.2. The lowest BCUT2D eigenvalue weighted by atomic mass is 9.46. The first-order chi connectivity index (χ1) is 10.4. The van der Waals surface area contributed by atoms with Crippen LogP contribution in [0.4, 0.5) is 0 Å². The van der Waals surface area contributed by atoms with Gasteiger partial charge in [0.1, 0.15) is 5.54 Å². The van der Waals surface area contributed by atoms with Crippen molar-refractivity contribution in [3.63, 3.8) is 0 Å². The molecule has 0 radical (unpaired) electrons. The van der Waals surface area contributed by atoms with Gasteiger partial charge >= 0.3 is 0 Å². The molecule has 24 heavy (non-hydrogen) atoms. The number of nitrogens with one attached hydrogen (secondary N) is 1. The lowest BCUT2D eigenvalue weighted by molar-refractivity contribution is -0.225. The third kappa shape index (κ3) is 3.43. The second kappa shape index (κ2) is 8.09. The molecule has 7 heteroatoms. The Kier molecular flexibility index (Phi) is 7.40. The number of nitrogens with two attached hydrogens (primary N) is 1. The molecule has 5 nitrogen and oxygen atoms in total. The first-order valence-electron chi connectivity index (χ1n) is 8.85. The average molecular weight is 382 g/mol. The zero-order valence-electron chi connectivity index (χ0n) is 15.0. The van der Waals surface area contributed by atoms with Gasteiger partial charge in [-0.15, -0.1) is 24.8 Å². The Labute approximate surface area is 158 Å². The Bertz CT molecular complexity index is 446. The molecule has 1 amide bonds. The van der Waals surface area contributed by atoms with Crippen LogP contribution in [0.15, 0.2) is 0 Å². The Morgan fingerprint density at radius 2 is 1.96 bits per heavy atom. The first-order valence-corrected chi connectivity index (χ1v) is 8.85. The van der Waals surface area contributed by atoms with Crippen LogP contribution in [0.1, 0.15) is 46.5 Å². The molecule has 3 aliphatic rings. The van der Waals surface area contributed by atoms with E-state index in [1.807, 2.05) is 0 Å². The number of rotatable bonds is 6. The Morgan fingerprint density at radius 3 is 2.54 bits per heavy atom. The number of nitrogens with zero attached hydrogens (tertiary/aromatic N) is 1. The summed E-state index contributed by atoms with van der Waals surface area (Å²) in [6, 6.07) is 0.741. The summed E-state index contributed by atoms with van der Waals surface area (Å²) in [5, 5.41) is 3.10. The van der Waals surface area contributed by atoms with Crippen LogP contribution in [-0.4, -0.2) is 54.7 Å². The predicted molar refractivity (Wildman–Crippen MR) is 101 cm³/mol. The lowest BCUT2D eigenvalue weighted by Crippen LogP contribution is -2.82. The maximum absolute atomic E-state index is 12.8. The summed E-state index contributed by atoms with van der Waals surface area (Å²) in [6.45, 7) is 9.80. The van der Waals surface area contributed by atoms with Crippen molar-refractivity contribution in [1.29, 1.82) is 0 Å². The van der Waals surface area contributed by atoms with Crippen LogP contribution in [0.2, 0.25) is 0 Å². The Morgan fingerprint density at radius 1 is 1.29 bits per heavy atom. The summed E-state index contributed by atoms with van der Waals surface area (Å²) in [5.74, 6) is 0.179. The van der Waals surface area contributed by atoms with E-state index in [4.69, 9.17) is 10.5 Å².